The molecule has 2 rings (SSSR count). The zero-order valence-corrected chi connectivity index (χ0v) is 17.8. The van der Waals surface area contributed by atoms with Crippen molar-refractivity contribution in [2.75, 3.05) is 59.2 Å². The van der Waals surface area contributed by atoms with Crippen LogP contribution in [-0.2, 0) is 4.74 Å². The lowest BCUT2D eigenvalue weighted by Crippen LogP contribution is -2.48. The van der Waals surface area contributed by atoms with Gasteiger partial charge in [0.15, 0.2) is 0 Å². The third-order valence-corrected chi connectivity index (χ3v) is 5.50. The monoisotopic (exact) mass is 412 g/mol. The van der Waals surface area contributed by atoms with Crippen molar-refractivity contribution in [1.29, 1.82) is 0 Å². The Hall–Kier alpha value is -1.54. The molecule has 0 aliphatic carbocycles. The normalized spacial score (nSPS) is 18.6. The molecule has 1 saturated heterocycles. The highest BCUT2D eigenvalue weighted by Gasteiger charge is 2.24. The molecule has 8 heteroatoms. The maximum absolute atomic E-state index is 12.6. The number of nitrogens with zero attached hydrogens (tertiary/aromatic N) is 1. The minimum atomic E-state index is -0.250. The van der Waals surface area contributed by atoms with Crippen LogP contribution < -0.4 is 21.1 Å². The summed E-state index contributed by atoms with van der Waals surface area (Å²) in [5.41, 5.74) is 6.53. The van der Waals surface area contributed by atoms with Gasteiger partial charge in [-0.25, -0.2) is 0 Å². The first-order valence-corrected chi connectivity index (χ1v) is 10.3. The molecule has 2 atom stereocenters. The van der Waals surface area contributed by atoms with E-state index < -0.39 is 0 Å². The Labute approximate surface area is 172 Å². The van der Waals surface area contributed by atoms with Crippen molar-refractivity contribution in [2.24, 2.45) is 5.92 Å². The Balaban J connectivity index is 1.88. The van der Waals surface area contributed by atoms with Crippen molar-refractivity contribution in [2.45, 2.75) is 25.9 Å². The van der Waals surface area contributed by atoms with Gasteiger partial charge in [0.2, 0.25) is 0 Å². The smallest absolute Gasteiger partial charge is 0.255 e. The molecule has 1 aliphatic rings. The van der Waals surface area contributed by atoms with Crippen LogP contribution in [-0.4, -0.2) is 70.4 Å². The first-order valence-electron chi connectivity index (χ1n) is 9.88. The van der Waals surface area contributed by atoms with Crippen LogP contribution in [0.2, 0.25) is 5.02 Å². The van der Waals surface area contributed by atoms with Crippen LogP contribution in [0.25, 0.3) is 0 Å². The SMILES string of the molecule is CCC(CCNC)CN1CCOC(CNC(=O)c2cc(Cl)c(N)cc2OC)C1. The standard InChI is InChI=1S/C20H33ClN4O3/c1-4-14(5-6-23-2)12-25-7-8-28-15(13-25)11-24-20(26)16-9-17(21)18(22)10-19(16)27-3/h9-10,14-15,23H,4-8,11-13,22H2,1-3H3,(H,24,26). The molecule has 2 unspecified atom stereocenters. The molecule has 1 aromatic carbocycles. The highest BCUT2D eigenvalue weighted by Crippen LogP contribution is 2.28. The predicted molar refractivity (Wildman–Crippen MR) is 113 cm³/mol. The fraction of sp³-hybridized carbons (Fsp3) is 0.650. The molecule has 1 fully saturated rings. The minimum absolute atomic E-state index is 0.0326. The summed E-state index contributed by atoms with van der Waals surface area (Å²) in [6.07, 6.45) is 2.30. The number of halogens is 1. The van der Waals surface area contributed by atoms with E-state index in [9.17, 15) is 4.79 Å². The number of hydrogen-bond donors (Lipinski definition) is 3. The van der Waals surface area contributed by atoms with Crippen LogP contribution in [0.5, 0.6) is 5.75 Å². The second-order valence-corrected chi connectivity index (χ2v) is 7.61. The van der Waals surface area contributed by atoms with Gasteiger partial charge in [-0.1, -0.05) is 24.9 Å². The van der Waals surface area contributed by atoms with E-state index in [0.29, 0.717) is 41.1 Å². The number of nitrogens with two attached hydrogens (primary N) is 1. The van der Waals surface area contributed by atoms with Crippen LogP contribution >= 0.6 is 11.6 Å². The molecular weight excluding hydrogens is 380 g/mol. The van der Waals surface area contributed by atoms with E-state index in [-0.39, 0.29) is 12.0 Å². The topological polar surface area (TPSA) is 88.9 Å². The molecular formula is C20H33ClN4O3. The van der Waals surface area contributed by atoms with Crippen molar-refractivity contribution in [1.82, 2.24) is 15.5 Å². The Morgan fingerprint density at radius 1 is 1.50 bits per heavy atom. The number of methoxy groups -OCH3 is 1. The summed E-state index contributed by atoms with van der Waals surface area (Å²) in [6.45, 7) is 7.21. The van der Waals surface area contributed by atoms with Crippen LogP contribution in [0.15, 0.2) is 12.1 Å². The second kappa shape index (κ2) is 11.5. The van der Waals surface area contributed by atoms with Crippen LogP contribution in [0, 0.1) is 5.92 Å². The van der Waals surface area contributed by atoms with E-state index in [2.05, 4.69) is 22.5 Å². The Morgan fingerprint density at radius 3 is 2.96 bits per heavy atom. The summed E-state index contributed by atoms with van der Waals surface area (Å²) in [7, 11) is 3.49. The zero-order valence-electron chi connectivity index (χ0n) is 17.1. The Morgan fingerprint density at radius 2 is 2.29 bits per heavy atom. The number of ether oxygens (including phenoxy) is 2. The van der Waals surface area contributed by atoms with Gasteiger partial charge in [-0.05, 0) is 32.0 Å². The molecule has 7 nitrogen and oxygen atoms in total. The van der Waals surface area contributed by atoms with Crippen molar-refractivity contribution in [3.8, 4) is 5.75 Å². The van der Waals surface area contributed by atoms with E-state index in [1.165, 1.54) is 19.6 Å². The van der Waals surface area contributed by atoms with Gasteiger partial charge in [-0.3, -0.25) is 9.69 Å². The van der Waals surface area contributed by atoms with E-state index in [1.54, 1.807) is 6.07 Å². The first-order chi connectivity index (χ1) is 13.5. The number of carbonyl (C=O) groups excluding carboxylic acids is 1. The summed E-state index contributed by atoms with van der Waals surface area (Å²) >= 11 is 6.06. The molecule has 0 radical (unpaired) electrons. The third kappa shape index (κ3) is 6.51. The van der Waals surface area contributed by atoms with Crippen LogP contribution in [0.4, 0.5) is 5.69 Å². The summed E-state index contributed by atoms with van der Waals surface area (Å²) in [6, 6.07) is 3.10. The predicted octanol–water partition coefficient (Wildman–Crippen LogP) is 2.00. The molecule has 0 aromatic heterocycles. The van der Waals surface area contributed by atoms with Crippen LogP contribution in [0.3, 0.4) is 0 Å². The molecule has 1 amide bonds. The van der Waals surface area contributed by atoms with E-state index in [1.807, 2.05) is 7.05 Å². The molecule has 4 N–H and O–H groups in total. The fourth-order valence-corrected chi connectivity index (χ4v) is 3.59. The van der Waals surface area contributed by atoms with E-state index >= 15 is 0 Å². The average Bonchev–Trinajstić information content (AvgIpc) is 2.71. The summed E-state index contributed by atoms with van der Waals surface area (Å²) in [5, 5.41) is 6.49. The Kier molecular flexibility index (Phi) is 9.31. The van der Waals surface area contributed by atoms with Gasteiger partial charge in [0.1, 0.15) is 5.75 Å². The van der Waals surface area contributed by atoms with Crippen molar-refractivity contribution in [3.05, 3.63) is 22.7 Å². The quantitative estimate of drug-likeness (QED) is 0.509. The maximum Gasteiger partial charge on any atom is 0.255 e. The number of rotatable bonds is 10. The molecule has 28 heavy (non-hydrogen) atoms. The van der Waals surface area contributed by atoms with Gasteiger partial charge in [-0.15, -0.1) is 0 Å². The number of amides is 1. The van der Waals surface area contributed by atoms with Crippen molar-refractivity contribution < 1.29 is 14.3 Å². The largest absolute Gasteiger partial charge is 0.496 e. The molecule has 0 spiro atoms. The number of benzene rings is 1. The number of nitrogens with one attached hydrogen (secondary N) is 2. The Bertz CT molecular complexity index is 644. The minimum Gasteiger partial charge on any atom is -0.496 e. The van der Waals surface area contributed by atoms with Crippen LogP contribution in [0.1, 0.15) is 30.1 Å². The number of morpholine rings is 1. The van der Waals surface area contributed by atoms with Gasteiger partial charge in [0.05, 0.1) is 36.1 Å². The lowest BCUT2D eigenvalue weighted by atomic mass is 10.0. The second-order valence-electron chi connectivity index (χ2n) is 7.20. The zero-order chi connectivity index (χ0) is 20.5. The molecule has 0 bridgehead atoms. The third-order valence-electron chi connectivity index (χ3n) is 5.17. The van der Waals surface area contributed by atoms with Crippen molar-refractivity contribution in [3.63, 3.8) is 0 Å². The first kappa shape index (κ1) is 22.7. The highest BCUT2D eigenvalue weighted by atomic mass is 35.5. The van der Waals surface area contributed by atoms with Gasteiger partial charge in [-0.2, -0.15) is 0 Å². The van der Waals surface area contributed by atoms with Gasteiger partial charge < -0.3 is 25.8 Å². The highest BCUT2D eigenvalue weighted by molar-refractivity contribution is 6.33. The lowest BCUT2D eigenvalue weighted by molar-refractivity contribution is -0.0313. The number of nitrogen functional groups attached to an aromatic ring is 1. The van der Waals surface area contributed by atoms with Crippen molar-refractivity contribution >= 4 is 23.2 Å². The number of hydrogen-bond acceptors (Lipinski definition) is 6. The average molecular weight is 413 g/mol. The summed E-state index contributed by atoms with van der Waals surface area (Å²) < 4.78 is 11.1. The summed E-state index contributed by atoms with van der Waals surface area (Å²) in [5.74, 6) is 0.822. The van der Waals surface area contributed by atoms with E-state index in [4.69, 9.17) is 26.8 Å². The lowest BCUT2D eigenvalue weighted by Gasteiger charge is -2.35. The molecule has 1 aromatic rings. The number of carbonyl (C=O) groups is 1. The van der Waals surface area contributed by atoms with Gasteiger partial charge >= 0.3 is 0 Å². The molecule has 0 saturated carbocycles. The fourth-order valence-electron chi connectivity index (χ4n) is 3.43. The van der Waals surface area contributed by atoms with Gasteiger partial charge in [0.25, 0.3) is 5.91 Å². The van der Waals surface area contributed by atoms with E-state index in [0.717, 1.165) is 32.6 Å². The molecule has 158 valence electrons. The number of anilines is 1. The van der Waals surface area contributed by atoms with Gasteiger partial charge in [0, 0.05) is 32.2 Å². The molecule has 1 aliphatic heterocycles. The molecule has 1 heterocycles. The summed E-state index contributed by atoms with van der Waals surface area (Å²) in [4.78, 5) is 15.0. The maximum atomic E-state index is 12.6.